The zero-order valence-corrected chi connectivity index (χ0v) is 9.13. The van der Waals surface area contributed by atoms with Gasteiger partial charge in [0.15, 0.2) is 0 Å². The summed E-state index contributed by atoms with van der Waals surface area (Å²) < 4.78 is 5.27. The second-order valence-electron chi connectivity index (χ2n) is 4.56. The number of carbonyl (C=O) groups is 1. The van der Waals surface area contributed by atoms with Crippen LogP contribution in [0.15, 0.2) is 30.3 Å². The first kappa shape index (κ1) is 9.85. The molecule has 16 heavy (non-hydrogen) atoms. The first-order valence-corrected chi connectivity index (χ1v) is 5.81. The third kappa shape index (κ3) is 1.71. The summed E-state index contributed by atoms with van der Waals surface area (Å²) in [5.41, 5.74) is 1.26. The van der Waals surface area contributed by atoms with Gasteiger partial charge in [-0.25, -0.2) is 0 Å². The molecule has 2 saturated heterocycles. The summed E-state index contributed by atoms with van der Waals surface area (Å²) in [4.78, 5) is 13.8. The van der Waals surface area contributed by atoms with Crippen molar-refractivity contribution in [3.8, 4) is 0 Å². The van der Waals surface area contributed by atoms with Gasteiger partial charge in [-0.05, 0) is 12.0 Å². The van der Waals surface area contributed by atoms with Crippen molar-refractivity contribution < 1.29 is 9.53 Å². The van der Waals surface area contributed by atoms with Gasteiger partial charge in [-0.15, -0.1) is 0 Å². The van der Waals surface area contributed by atoms with Gasteiger partial charge in [-0.3, -0.25) is 9.69 Å². The Morgan fingerprint density at radius 2 is 2.12 bits per heavy atom. The zero-order valence-electron chi connectivity index (χ0n) is 9.13. The molecule has 1 aromatic rings. The van der Waals surface area contributed by atoms with Crippen molar-refractivity contribution in [2.75, 3.05) is 6.54 Å². The highest BCUT2D eigenvalue weighted by molar-refractivity contribution is 5.78. The van der Waals surface area contributed by atoms with Crippen molar-refractivity contribution in [3.05, 3.63) is 35.9 Å². The highest BCUT2D eigenvalue weighted by Crippen LogP contribution is 2.29. The predicted octanol–water partition coefficient (Wildman–Crippen LogP) is 1.58. The summed E-state index contributed by atoms with van der Waals surface area (Å²) in [6.45, 7) is 1.82. The highest BCUT2D eigenvalue weighted by atomic mass is 16.6. The van der Waals surface area contributed by atoms with Gasteiger partial charge in [0.2, 0.25) is 0 Å². The molecule has 3 rings (SSSR count). The first-order chi connectivity index (χ1) is 7.83. The van der Waals surface area contributed by atoms with E-state index in [-0.39, 0.29) is 18.1 Å². The molecule has 1 aromatic carbocycles. The van der Waals surface area contributed by atoms with Crippen LogP contribution in [0, 0.1) is 0 Å². The third-order valence-electron chi connectivity index (χ3n) is 3.45. The number of ether oxygens (including phenoxy) is 1. The lowest BCUT2D eigenvalue weighted by atomic mass is 10.0. The molecule has 2 aliphatic heterocycles. The summed E-state index contributed by atoms with van der Waals surface area (Å²) in [5.74, 6) is -0.0292. The number of hydrogen-bond donors (Lipinski definition) is 0. The van der Waals surface area contributed by atoms with Crippen molar-refractivity contribution in [3.63, 3.8) is 0 Å². The van der Waals surface area contributed by atoms with E-state index in [0.717, 1.165) is 25.9 Å². The monoisotopic (exact) mass is 217 g/mol. The number of likely N-dealkylation sites (tertiary alicyclic amines) is 1. The third-order valence-corrected chi connectivity index (χ3v) is 3.45. The highest BCUT2D eigenvalue weighted by Gasteiger charge is 2.42. The van der Waals surface area contributed by atoms with Gasteiger partial charge in [0.05, 0.1) is 0 Å². The van der Waals surface area contributed by atoms with Crippen LogP contribution in [0.25, 0.3) is 0 Å². The van der Waals surface area contributed by atoms with E-state index in [4.69, 9.17) is 4.74 Å². The van der Waals surface area contributed by atoms with Crippen LogP contribution in [0.1, 0.15) is 18.4 Å². The quantitative estimate of drug-likeness (QED) is 0.704. The number of rotatable bonds is 2. The average molecular weight is 217 g/mol. The molecule has 3 nitrogen and oxygen atoms in total. The molecule has 2 fully saturated rings. The molecule has 0 radical (unpaired) electrons. The van der Waals surface area contributed by atoms with Gasteiger partial charge < -0.3 is 4.74 Å². The number of carbonyl (C=O) groups excluding carboxylic acids is 1. The van der Waals surface area contributed by atoms with Crippen LogP contribution >= 0.6 is 0 Å². The Morgan fingerprint density at radius 1 is 1.31 bits per heavy atom. The van der Waals surface area contributed by atoms with Crippen LogP contribution in [0.5, 0.6) is 0 Å². The van der Waals surface area contributed by atoms with E-state index in [1.807, 2.05) is 18.2 Å². The summed E-state index contributed by atoms with van der Waals surface area (Å²) >= 11 is 0. The van der Waals surface area contributed by atoms with Gasteiger partial charge in [-0.1, -0.05) is 30.3 Å². The number of benzene rings is 1. The molecule has 2 aliphatic rings. The molecular weight excluding hydrogens is 202 g/mol. The summed E-state index contributed by atoms with van der Waals surface area (Å²) in [6.07, 6.45) is 2.05. The smallest absolute Gasteiger partial charge is 0.323 e. The topological polar surface area (TPSA) is 29.5 Å². The Kier molecular flexibility index (Phi) is 2.40. The van der Waals surface area contributed by atoms with Crippen molar-refractivity contribution in [1.82, 2.24) is 4.90 Å². The molecule has 2 bridgehead atoms. The standard InChI is InChI=1S/C13H15NO2/c15-13-12-8-11(16-13)6-7-14(12)9-10-4-2-1-3-5-10/h1-5,11-12H,6-9H2/t11-,12-/m0/s1. The van der Waals surface area contributed by atoms with E-state index in [1.54, 1.807) is 0 Å². The molecule has 0 unspecified atom stereocenters. The van der Waals surface area contributed by atoms with Crippen molar-refractivity contribution in [1.29, 1.82) is 0 Å². The average Bonchev–Trinajstić information content (AvgIpc) is 2.61. The summed E-state index contributed by atoms with van der Waals surface area (Å²) in [6, 6.07) is 10.3. The molecule has 3 heteroatoms. The van der Waals surface area contributed by atoms with Gasteiger partial charge in [-0.2, -0.15) is 0 Å². The molecule has 0 aromatic heterocycles. The summed E-state index contributed by atoms with van der Waals surface area (Å²) in [5, 5.41) is 0. The molecule has 2 atom stereocenters. The van der Waals surface area contributed by atoms with E-state index in [9.17, 15) is 4.79 Å². The lowest BCUT2D eigenvalue weighted by Gasteiger charge is -2.29. The summed E-state index contributed by atoms with van der Waals surface area (Å²) in [7, 11) is 0. The van der Waals surface area contributed by atoms with Crippen LogP contribution in [0.4, 0.5) is 0 Å². The Balaban J connectivity index is 1.74. The van der Waals surface area contributed by atoms with Gasteiger partial charge in [0.1, 0.15) is 12.1 Å². The second kappa shape index (κ2) is 3.91. The van der Waals surface area contributed by atoms with E-state index in [2.05, 4.69) is 17.0 Å². The van der Waals surface area contributed by atoms with Crippen LogP contribution in [0.3, 0.4) is 0 Å². The molecule has 0 saturated carbocycles. The normalized spacial score (nSPS) is 29.1. The van der Waals surface area contributed by atoms with Gasteiger partial charge in [0.25, 0.3) is 0 Å². The van der Waals surface area contributed by atoms with Gasteiger partial charge >= 0.3 is 5.97 Å². The van der Waals surface area contributed by atoms with Crippen molar-refractivity contribution in [2.24, 2.45) is 0 Å². The Hall–Kier alpha value is -1.35. The lowest BCUT2D eigenvalue weighted by molar-refractivity contribution is -0.143. The fraction of sp³-hybridized carbons (Fsp3) is 0.462. The molecule has 0 N–H and O–H groups in total. The molecule has 2 heterocycles. The van der Waals surface area contributed by atoms with Gasteiger partial charge in [0, 0.05) is 19.5 Å². The van der Waals surface area contributed by atoms with Crippen LogP contribution < -0.4 is 0 Å². The SMILES string of the molecule is O=C1O[C@H]2CCN(Cc3ccccc3)[C@H]1C2. The molecule has 0 aliphatic carbocycles. The molecule has 0 spiro atoms. The van der Waals surface area contributed by atoms with Crippen LogP contribution in [0.2, 0.25) is 0 Å². The van der Waals surface area contributed by atoms with E-state index >= 15 is 0 Å². The minimum Gasteiger partial charge on any atom is -0.461 e. The van der Waals surface area contributed by atoms with Crippen LogP contribution in [-0.4, -0.2) is 29.6 Å². The minimum atomic E-state index is -0.0292. The second-order valence-corrected chi connectivity index (χ2v) is 4.56. The number of piperidine rings is 1. The number of nitrogens with zero attached hydrogens (tertiary/aromatic N) is 1. The maximum Gasteiger partial charge on any atom is 0.323 e. The van der Waals surface area contributed by atoms with Crippen LogP contribution in [-0.2, 0) is 16.1 Å². The Labute approximate surface area is 95.0 Å². The number of fused-ring (bicyclic) bond motifs is 2. The largest absolute Gasteiger partial charge is 0.461 e. The Morgan fingerprint density at radius 3 is 2.94 bits per heavy atom. The fourth-order valence-corrected chi connectivity index (χ4v) is 2.58. The fourth-order valence-electron chi connectivity index (χ4n) is 2.58. The molecule has 0 amide bonds. The lowest BCUT2D eigenvalue weighted by Crippen LogP contribution is -2.41. The number of hydrogen-bond acceptors (Lipinski definition) is 3. The predicted molar refractivity (Wildman–Crippen MR) is 59.8 cm³/mol. The molecular formula is C13H15NO2. The van der Waals surface area contributed by atoms with E-state index in [1.165, 1.54) is 5.56 Å². The Bertz CT molecular complexity index is 390. The van der Waals surface area contributed by atoms with Crippen molar-refractivity contribution in [2.45, 2.75) is 31.5 Å². The number of esters is 1. The first-order valence-electron chi connectivity index (χ1n) is 5.81. The minimum absolute atomic E-state index is 0.000967. The van der Waals surface area contributed by atoms with E-state index in [0.29, 0.717) is 0 Å². The maximum atomic E-state index is 11.6. The maximum absolute atomic E-state index is 11.6. The zero-order chi connectivity index (χ0) is 11.0. The van der Waals surface area contributed by atoms with Crippen molar-refractivity contribution >= 4 is 5.97 Å². The molecule has 84 valence electrons. The van der Waals surface area contributed by atoms with E-state index < -0.39 is 0 Å².